The van der Waals surface area contributed by atoms with Crippen LogP contribution in [0.5, 0.6) is 0 Å². The molecular formula is C19H14N4O2S. The van der Waals surface area contributed by atoms with Crippen molar-refractivity contribution in [2.24, 2.45) is 11.5 Å². The lowest BCUT2D eigenvalue weighted by Gasteiger charge is -2.12. The van der Waals surface area contributed by atoms with Crippen molar-refractivity contribution in [2.75, 3.05) is 5.73 Å². The minimum atomic E-state index is -0.819. The van der Waals surface area contributed by atoms with Crippen LogP contribution in [0.1, 0.15) is 16.1 Å². The normalized spacial score (nSPS) is 10.2. The topological polar surface area (TPSA) is 125 Å². The zero-order valence-corrected chi connectivity index (χ0v) is 14.4. The van der Waals surface area contributed by atoms with Gasteiger partial charge in [-0.25, -0.2) is 4.98 Å². The van der Waals surface area contributed by atoms with E-state index >= 15 is 0 Å². The van der Waals surface area contributed by atoms with Gasteiger partial charge < -0.3 is 17.2 Å². The van der Waals surface area contributed by atoms with Crippen LogP contribution in [0.15, 0.2) is 41.6 Å². The van der Waals surface area contributed by atoms with Crippen molar-refractivity contribution in [3.8, 4) is 23.0 Å². The molecule has 1 aromatic carbocycles. The van der Waals surface area contributed by atoms with Crippen molar-refractivity contribution >= 4 is 45.3 Å². The van der Waals surface area contributed by atoms with Crippen LogP contribution in [0, 0.1) is 11.8 Å². The molecule has 6 nitrogen and oxygen atoms in total. The number of aromatic nitrogens is 1. The van der Waals surface area contributed by atoms with Gasteiger partial charge in [0.15, 0.2) is 0 Å². The maximum absolute atomic E-state index is 12.1. The minimum Gasteiger partial charge on any atom is -0.383 e. The van der Waals surface area contributed by atoms with Crippen molar-refractivity contribution in [1.82, 2.24) is 4.98 Å². The fourth-order valence-corrected chi connectivity index (χ4v) is 3.28. The first-order valence-corrected chi connectivity index (χ1v) is 8.39. The number of benzene rings is 1. The highest BCUT2D eigenvalue weighted by Gasteiger charge is 2.19. The Balaban J connectivity index is 2.31. The van der Waals surface area contributed by atoms with Gasteiger partial charge in [-0.05, 0) is 34.0 Å². The predicted octanol–water partition coefficient (Wildman–Crippen LogP) is 2.15. The number of nitrogen functional groups attached to an aromatic ring is 1. The molecule has 0 aliphatic carbocycles. The number of hydrogen-bond acceptors (Lipinski definition) is 5. The molecule has 6 N–H and O–H groups in total. The fourth-order valence-electron chi connectivity index (χ4n) is 2.61. The maximum atomic E-state index is 12.1. The summed E-state index contributed by atoms with van der Waals surface area (Å²) >= 11 is 1.57. The Hall–Kier alpha value is -3.63. The summed E-state index contributed by atoms with van der Waals surface area (Å²) in [5, 5.41) is 5.10. The number of thiophene rings is 1. The summed E-state index contributed by atoms with van der Waals surface area (Å²) in [4.78, 5) is 27.2. The Morgan fingerprint density at radius 3 is 2.46 bits per heavy atom. The quantitative estimate of drug-likeness (QED) is 0.617. The molecular weight excluding hydrogens is 348 g/mol. The smallest absolute Gasteiger partial charge is 0.293 e. The van der Waals surface area contributed by atoms with E-state index in [0.717, 1.165) is 11.1 Å². The van der Waals surface area contributed by atoms with Gasteiger partial charge in [0.1, 0.15) is 5.82 Å². The Labute approximate surface area is 153 Å². The van der Waals surface area contributed by atoms with Crippen LogP contribution >= 0.6 is 11.3 Å². The minimum absolute atomic E-state index is 0.132. The molecule has 7 heteroatoms. The molecule has 128 valence electrons. The van der Waals surface area contributed by atoms with Crippen LogP contribution in [0.2, 0.25) is 0 Å². The highest BCUT2D eigenvalue weighted by atomic mass is 32.1. The first kappa shape index (κ1) is 17.2. The summed E-state index contributed by atoms with van der Waals surface area (Å²) in [6, 6.07) is 7.49. The molecule has 0 aliphatic heterocycles. The van der Waals surface area contributed by atoms with Gasteiger partial charge in [-0.15, -0.1) is 0 Å². The van der Waals surface area contributed by atoms with Gasteiger partial charge in [0.2, 0.25) is 0 Å². The van der Waals surface area contributed by atoms with E-state index in [0.29, 0.717) is 10.8 Å². The van der Waals surface area contributed by atoms with E-state index in [9.17, 15) is 9.59 Å². The first-order chi connectivity index (χ1) is 12.4. The monoisotopic (exact) mass is 362 g/mol. The van der Waals surface area contributed by atoms with Gasteiger partial charge in [0, 0.05) is 22.3 Å². The number of anilines is 1. The molecule has 3 rings (SSSR count). The SMILES string of the molecule is C=C(C#CC(N)=O)c1nc(N)c2ccc(-c3ccsc3)cc2c1C(N)=O. The predicted molar refractivity (Wildman–Crippen MR) is 104 cm³/mol. The summed E-state index contributed by atoms with van der Waals surface area (Å²) in [6.07, 6.45) is 0. The number of nitrogens with zero attached hydrogens (tertiary/aromatic N) is 1. The standard InChI is InChI=1S/C19H14N4O2S/c1-10(2-5-15(20)24)17-16(19(22)25)14-8-11(12-6-7-26-9-12)3-4-13(14)18(21)23-17/h3-4,6-9H,1H2,(H2,20,24)(H2,21,23)(H2,22,25). The lowest BCUT2D eigenvalue weighted by Crippen LogP contribution is -2.16. The summed E-state index contributed by atoms with van der Waals surface area (Å²) in [6.45, 7) is 3.75. The van der Waals surface area contributed by atoms with Crippen molar-refractivity contribution in [3.63, 3.8) is 0 Å². The number of rotatable bonds is 3. The van der Waals surface area contributed by atoms with E-state index < -0.39 is 11.8 Å². The van der Waals surface area contributed by atoms with Crippen molar-refractivity contribution in [2.45, 2.75) is 0 Å². The number of carbonyl (C=O) groups is 2. The lowest BCUT2D eigenvalue weighted by molar-refractivity contribution is -0.112. The van der Waals surface area contributed by atoms with E-state index in [-0.39, 0.29) is 22.6 Å². The third-order valence-corrected chi connectivity index (χ3v) is 4.44. The second-order valence-electron chi connectivity index (χ2n) is 5.45. The van der Waals surface area contributed by atoms with Gasteiger partial charge in [-0.3, -0.25) is 9.59 Å². The molecule has 0 aliphatic rings. The fraction of sp³-hybridized carbons (Fsp3) is 0. The van der Waals surface area contributed by atoms with Crippen LogP contribution in [-0.2, 0) is 4.79 Å². The van der Waals surface area contributed by atoms with Gasteiger partial charge in [0.05, 0.1) is 11.3 Å². The molecule has 0 radical (unpaired) electrons. The molecule has 2 heterocycles. The molecule has 0 fully saturated rings. The summed E-state index contributed by atoms with van der Waals surface area (Å²) in [5.74, 6) is 3.35. The van der Waals surface area contributed by atoms with Crippen LogP contribution < -0.4 is 17.2 Å². The molecule has 3 aromatic rings. The van der Waals surface area contributed by atoms with Crippen LogP contribution in [-0.4, -0.2) is 16.8 Å². The molecule has 0 atom stereocenters. The first-order valence-electron chi connectivity index (χ1n) is 7.45. The summed E-state index contributed by atoms with van der Waals surface area (Å²) in [5.41, 5.74) is 19.0. The van der Waals surface area contributed by atoms with E-state index in [1.165, 1.54) is 0 Å². The van der Waals surface area contributed by atoms with Crippen molar-refractivity contribution in [3.05, 3.63) is 52.9 Å². The molecule has 0 spiro atoms. The summed E-state index contributed by atoms with van der Waals surface area (Å²) < 4.78 is 0. The number of amides is 2. The Kier molecular flexibility index (Phi) is 4.43. The lowest BCUT2D eigenvalue weighted by atomic mass is 9.96. The largest absolute Gasteiger partial charge is 0.383 e. The zero-order valence-electron chi connectivity index (χ0n) is 13.6. The average molecular weight is 362 g/mol. The van der Waals surface area contributed by atoms with E-state index in [1.54, 1.807) is 17.4 Å². The highest BCUT2D eigenvalue weighted by molar-refractivity contribution is 7.08. The Morgan fingerprint density at radius 2 is 1.85 bits per heavy atom. The molecule has 2 amide bonds. The number of pyridine rings is 1. The summed E-state index contributed by atoms with van der Waals surface area (Å²) in [7, 11) is 0. The number of primary amides is 2. The average Bonchev–Trinajstić information content (AvgIpc) is 3.13. The number of allylic oxidation sites excluding steroid dienone is 1. The molecule has 0 saturated heterocycles. The van der Waals surface area contributed by atoms with Crippen LogP contribution in [0.3, 0.4) is 0 Å². The highest BCUT2D eigenvalue weighted by Crippen LogP contribution is 2.32. The number of nitrogens with two attached hydrogens (primary N) is 3. The second-order valence-corrected chi connectivity index (χ2v) is 6.23. The molecule has 2 aromatic heterocycles. The third-order valence-electron chi connectivity index (χ3n) is 3.76. The maximum Gasteiger partial charge on any atom is 0.293 e. The van der Waals surface area contributed by atoms with Crippen LogP contribution in [0.4, 0.5) is 5.82 Å². The number of hydrogen-bond donors (Lipinski definition) is 3. The van der Waals surface area contributed by atoms with Crippen molar-refractivity contribution < 1.29 is 9.59 Å². The second kappa shape index (κ2) is 6.70. The number of fused-ring (bicyclic) bond motifs is 1. The van der Waals surface area contributed by atoms with E-state index in [2.05, 4.69) is 23.4 Å². The Bertz CT molecular complexity index is 1120. The molecule has 26 heavy (non-hydrogen) atoms. The van der Waals surface area contributed by atoms with Crippen LogP contribution in [0.25, 0.3) is 27.5 Å². The van der Waals surface area contributed by atoms with Gasteiger partial charge in [-0.1, -0.05) is 24.6 Å². The van der Waals surface area contributed by atoms with Gasteiger partial charge >= 0.3 is 0 Å². The van der Waals surface area contributed by atoms with Gasteiger partial charge in [0.25, 0.3) is 11.8 Å². The van der Waals surface area contributed by atoms with Gasteiger partial charge in [-0.2, -0.15) is 11.3 Å². The molecule has 0 unspecified atom stereocenters. The third kappa shape index (κ3) is 3.14. The zero-order chi connectivity index (χ0) is 18.8. The number of carbonyl (C=O) groups excluding carboxylic acids is 2. The van der Waals surface area contributed by atoms with Crippen molar-refractivity contribution in [1.29, 1.82) is 0 Å². The van der Waals surface area contributed by atoms with E-state index in [1.807, 2.05) is 29.0 Å². The Morgan fingerprint density at radius 1 is 1.08 bits per heavy atom. The molecule has 0 bridgehead atoms. The van der Waals surface area contributed by atoms with E-state index in [4.69, 9.17) is 17.2 Å². The molecule has 0 saturated carbocycles.